The van der Waals surface area contributed by atoms with E-state index in [1.54, 1.807) is 19.1 Å². The molecule has 0 fully saturated rings. The third kappa shape index (κ3) is 3.46. The van der Waals surface area contributed by atoms with Crippen LogP contribution in [0.4, 0.5) is 4.39 Å². The van der Waals surface area contributed by atoms with Crippen molar-refractivity contribution in [2.24, 2.45) is 0 Å². The van der Waals surface area contributed by atoms with Gasteiger partial charge in [-0.15, -0.1) is 0 Å². The standard InChI is InChI=1S/C15H14FNO3S/c1-10-3-8-14(11(2)9-10)21(19,20)17-15(18)12-4-6-13(16)7-5-12/h3-9H,1-2H3,(H,17,18). The molecule has 0 saturated heterocycles. The topological polar surface area (TPSA) is 63.2 Å². The molecule has 1 N–H and O–H groups in total. The summed E-state index contributed by atoms with van der Waals surface area (Å²) in [5.41, 5.74) is 1.55. The second-order valence-electron chi connectivity index (χ2n) is 4.71. The van der Waals surface area contributed by atoms with Crippen molar-refractivity contribution in [2.75, 3.05) is 0 Å². The lowest BCUT2D eigenvalue weighted by atomic mass is 10.2. The van der Waals surface area contributed by atoms with Crippen molar-refractivity contribution >= 4 is 15.9 Å². The number of hydrogen-bond donors (Lipinski definition) is 1. The fourth-order valence-electron chi connectivity index (χ4n) is 1.94. The van der Waals surface area contributed by atoms with Gasteiger partial charge in [-0.25, -0.2) is 17.5 Å². The van der Waals surface area contributed by atoms with Gasteiger partial charge in [-0.1, -0.05) is 17.7 Å². The second-order valence-corrected chi connectivity index (χ2v) is 6.36. The van der Waals surface area contributed by atoms with Crippen LogP contribution in [0.1, 0.15) is 21.5 Å². The Labute approximate surface area is 122 Å². The number of rotatable bonds is 3. The smallest absolute Gasteiger partial charge is 0.265 e. The number of benzene rings is 2. The monoisotopic (exact) mass is 307 g/mol. The number of hydrogen-bond acceptors (Lipinski definition) is 3. The number of halogens is 1. The first kappa shape index (κ1) is 15.2. The van der Waals surface area contributed by atoms with Crippen molar-refractivity contribution in [3.8, 4) is 0 Å². The zero-order chi connectivity index (χ0) is 15.6. The highest BCUT2D eigenvalue weighted by Crippen LogP contribution is 2.16. The molecule has 6 heteroatoms. The first-order valence-corrected chi connectivity index (χ1v) is 7.68. The van der Waals surface area contributed by atoms with Crippen LogP contribution in [-0.2, 0) is 10.0 Å². The van der Waals surface area contributed by atoms with Gasteiger partial charge in [0.05, 0.1) is 4.90 Å². The zero-order valence-electron chi connectivity index (χ0n) is 11.6. The molecule has 0 aliphatic rings. The quantitative estimate of drug-likeness (QED) is 0.948. The molecule has 0 bridgehead atoms. The highest BCUT2D eigenvalue weighted by Gasteiger charge is 2.20. The molecule has 0 aromatic heterocycles. The Morgan fingerprint density at radius 1 is 1.05 bits per heavy atom. The van der Waals surface area contributed by atoms with Gasteiger partial charge >= 0.3 is 0 Å². The van der Waals surface area contributed by atoms with Gasteiger partial charge in [-0.3, -0.25) is 4.79 Å². The summed E-state index contributed by atoms with van der Waals surface area (Å²) < 4.78 is 39.2. The Kier molecular flexibility index (Phi) is 4.09. The number of nitrogens with one attached hydrogen (secondary N) is 1. The molecule has 0 heterocycles. The molecule has 4 nitrogen and oxygen atoms in total. The Bertz CT molecular complexity index is 783. The zero-order valence-corrected chi connectivity index (χ0v) is 12.4. The summed E-state index contributed by atoms with van der Waals surface area (Å²) in [5.74, 6) is -1.29. The van der Waals surface area contributed by atoms with Gasteiger partial charge in [0.15, 0.2) is 0 Å². The van der Waals surface area contributed by atoms with E-state index in [0.29, 0.717) is 5.56 Å². The fourth-order valence-corrected chi connectivity index (χ4v) is 3.14. The Morgan fingerprint density at radius 3 is 2.24 bits per heavy atom. The number of carbonyl (C=O) groups excluding carboxylic acids is 1. The third-order valence-electron chi connectivity index (χ3n) is 2.95. The van der Waals surface area contributed by atoms with E-state index in [2.05, 4.69) is 0 Å². The predicted molar refractivity (Wildman–Crippen MR) is 77.0 cm³/mol. The molecule has 0 saturated carbocycles. The lowest BCUT2D eigenvalue weighted by molar-refractivity contribution is 0.0981. The minimum atomic E-state index is -3.96. The summed E-state index contributed by atoms with van der Waals surface area (Å²) in [7, 11) is -3.96. The minimum absolute atomic E-state index is 0.0450. The molecule has 110 valence electrons. The first-order chi connectivity index (χ1) is 9.79. The average molecular weight is 307 g/mol. The third-order valence-corrected chi connectivity index (χ3v) is 4.44. The van der Waals surface area contributed by atoms with E-state index in [1.165, 1.54) is 18.2 Å². The van der Waals surface area contributed by atoms with Crippen molar-refractivity contribution in [3.63, 3.8) is 0 Å². The van der Waals surface area contributed by atoms with E-state index in [1.807, 2.05) is 11.6 Å². The summed E-state index contributed by atoms with van der Waals surface area (Å²) >= 11 is 0. The van der Waals surface area contributed by atoms with Gasteiger partial charge in [-0.2, -0.15) is 0 Å². The SMILES string of the molecule is Cc1ccc(S(=O)(=O)NC(=O)c2ccc(F)cc2)c(C)c1. The molecule has 0 atom stereocenters. The summed E-state index contributed by atoms with van der Waals surface area (Å²) in [5, 5.41) is 0. The van der Waals surface area contributed by atoms with Crippen LogP contribution in [0.2, 0.25) is 0 Å². The Balaban J connectivity index is 2.29. The molecule has 0 aliphatic heterocycles. The Morgan fingerprint density at radius 2 is 1.67 bits per heavy atom. The van der Waals surface area contributed by atoms with Crippen molar-refractivity contribution in [1.82, 2.24) is 4.72 Å². The number of carbonyl (C=O) groups is 1. The fraction of sp³-hybridized carbons (Fsp3) is 0.133. The van der Waals surface area contributed by atoms with Crippen molar-refractivity contribution in [1.29, 1.82) is 0 Å². The molecular weight excluding hydrogens is 293 g/mol. The van der Waals surface area contributed by atoms with Gasteiger partial charge in [0.25, 0.3) is 15.9 Å². The molecular formula is C15H14FNO3S. The van der Waals surface area contributed by atoms with Crippen molar-refractivity contribution < 1.29 is 17.6 Å². The van der Waals surface area contributed by atoms with Crippen LogP contribution < -0.4 is 4.72 Å². The van der Waals surface area contributed by atoms with Crippen LogP contribution in [-0.4, -0.2) is 14.3 Å². The maximum atomic E-state index is 12.8. The van der Waals surface area contributed by atoms with Crippen LogP contribution in [0.15, 0.2) is 47.4 Å². The van der Waals surface area contributed by atoms with Crippen molar-refractivity contribution in [2.45, 2.75) is 18.7 Å². The summed E-state index contributed by atoms with van der Waals surface area (Å²) in [6.07, 6.45) is 0. The van der Waals surface area contributed by atoms with Crippen LogP contribution in [0, 0.1) is 19.7 Å². The molecule has 2 aromatic carbocycles. The van der Waals surface area contributed by atoms with E-state index in [0.717, 1.165) is 17.7 Å². The van der Waals surface area contributed by atoms with Crippen molar-refractivity contribution in [3.05, 3.63) is 65.0 Å². The highest BCUT2D eigenvalue weighted by atomic mass is 32.2. The van der Waals surface area contributed by atoms with E-state index in [4.69, 9.17) is 0 Å². The van der Waals surface area contributed by atoms with E-state index in [9.17, 15) is 17.6 Å². The predicted octanol–water partition coefficient (Wildman–Crippen LogP) is 2.56. The second kappa shape index (κ2) is 5.65. The molecule has 0 spiro atoms. The summed E-state index contributed by atoms with van der Waals surface area (Å²) in [4.78, 5) is 12.0. The number of amides is 1. The molecule has 21 heavy (non-hydrogen) atoms. The van der Waals surface area contributed by atoms with E-state index >= 15 is 0 Å². The molecule has 0 radical (unpaired) electrons. The molecule has 2 rings (SSSR count). The summed E-state index contributed by atoms with van der Waals surface area (Å²) in [6.45, 7) is 3.50. The maximum Gasteiger partial charge on any atom is 0.265 e. The minimum Gasteiger partial charge on any atom is -0.268 e. The number of aryl methyl sites for hydroxylation is 2. The van der Waals surface area contributed by atoms with Crippen LogP contribution >= 0.6 is 0 Å². The highest BCUT2D eigenvalue weighted by molar-refractivity contribution is 7.90. The summed E-state index contributed by atoms with van der Waals surface area (Å²) in [6, 6.07) is 9.47. The molecule has 0 aliphatic carbocycles. The largest absolute Gasteiger partial charge is 0.268 e. The lowest BCUT2D eigenvalue weighted by Crippen LogP contribution is -2.31. The van der Waals surface area contributed by atoms with Gasteiger partial charge in [0, 0.05) is 5.56 Å². The van der Waals surface area contributed by atoms with E-state index < -0.39 is 21.7 Å². The van der Waals surface area contributed by atoms with Gasteiger partial charge in [0.2, 0.25) is 0 Å². The molecule has 1 amide bonds. The van der Waals surface area contributed by atoms with E-state index in [-0.39, 0.29) is 10.5 Å². The first-order valence-electron chi connectivity index (χ1n) is 6.19. The Hall–Kier alpha value is -2.21. The van der Waals surface area contributed by atoms with Crippen LogP contribution in [0.3, 0.4) is 0 Å². The van der Waals surface area contributed by atoms with Gasteiger partial charge in [-0.05, 0) is 49.7 Å². The van der Waals surface area contributed by atoms with Gasteiger partial charge in [0.1, 0.15) is 5.82 Å². The molecule has 0 unspecified atom stereocenters. The van der Waals surface area contributed by atoms with Gasteiger partial charge < -0.3 is 0 Å². The van der Waals surface area contributed by atoms with Crippen LogP contribution in [0.25, 0.3) is 0 Å². The number of sulfonamides is 1. The average Bonchev–Trinajstić information content (AvgIpc) is 2.38. The lowest BCUT2D eigenvalue weighted by Gasteiger charge is -2.10. The molecule has 2 aromatic rings. The maximum absolute atomic E-state index is 12.8. The van der Waals surface area contributed by atoms with Crippen LogP contribution in [0.5, 0.6) is 0 Å². The normalized spacial score (nSPS) is 11.2.